The Morgan fingerprint density at radius 1 is 1.40 bits per heavy atom. The van der Waals surface area contributed by atoms with Crippen molar-refractivity contribution in [3.05, 3.63) is 22.8 Å². The van der Waals surface area contributed by atoms with Crippen molar-refractivity contribution in [2.45, 2.75) is 32.7 Å². The molecule has 84 valence electrons. The predicted octanol–water partition coefficient (Wildman–Crippen LogP) is 3.71. The topological polar surface area (TPSA) is 16.1 Å². The van der Waals surface area contributed by atoms with Crippen LogP contribution in [0.2, 0.25) is 5.02 Å². The number of aromatic nitrogens is 1. The van der Waals surface area contributed by atoms with E-state index in [1.807, 2.05) is 12.1 Å². The summed E-state index contributed by atoms with van der Waals surface area (Å²) < 4.78 is 0. The van der Waals surface area contributed by atoms with E-state index in [-0.39, 0.29) is 0 Å². The van der Waals surface area contributed by atoms with Gasteiger partial charge in [-0.1, -0.05) is 11.6 Å². The molecule has 1 aromatic heterocycles. The summed E-state index contributed by atoms with van der Waals surface area (Å²) in [7, 11) is 0. The summed E-state index contributed by atoms with van der Waals surface area (Å²) in [5.41, 5.74) is 0.745. The van der Waals surface area contributed by atoms with Crippen molar-refractivity contribution in [1.82, 2.24) is 4.98 Å². The zero-order valence-electron chi connectivity index (χ0n) is 9.30. The Kier molecular flexibility index (Phi) is 4.68. The second-order valence-electron chi connectivity index (χ2n) is 3.61. The van der Waals surface area contributed by atoms with E-state index < -0.39 is 0 Å². The Hall–Kier alpha value is -0.470. The number of hydrogen-bond acceptors (Lipinski definition) is 2. The lowest BCUT2D eigenvalue weighted by Gasteiger charge is -2.26. The normalized spacial score (nSPS) is 10.8. The van der Waals surface area contributed by atoms with Crippen LogP contribution in [0.1, 0.15) is 26.5 Å². The van der Waals surface area contributed by atoms with E-state index in [1.165, 1.54) is 0 Å². The number of anilines is 1. The summed E-state index contributed by atoms with van der Waals surface area (Å²) >= 11 is 11.7. The Morgan fingerprint density at radius 2 is 2.07 bits per heavy atom. The molecule has 0 N–H and O–H groups in total. The van der Waals surface area contributed by atoms with Crippen LogP contribution in [0.5, 0.6) is 0 Å². The van der Waals surface area contributed by atoms with E-state index in [1.54, 1.807) is 0 Å². The van der Waals surface area contributed by atoms with Crippen LogP contribution in [0.25, 0.3) is 0 Å². The zero-order valence-corrected chi connectivity index (χ0v) is 10.8. The monoisotopic (exact) mass is 246 g/mol. The molecule has 2 nitrogen and oxygen atoms in total. The second-order valence-corrected chi connectivity index (χ2v) is 4.29. The molecule has 0 saturated carbocycles. The van der Waals surface area contributed by atoms with E-state index >= 15 is 0 Å². The number of hydrogen-bond donors (Lipinski definition) is 0. The van der Waals surface area contributed by atoms with Gasteiger partial charge >= 0.3 is 0 Å². The maximum absolute atomic E-state index is 5.96. The quantitative estimate of drug-likeness (QED) is 0.754. The lowest BCUT2D eigenvalue weighted by atomic mass is 10.3. The second kappa shape index (κ2) is 5.57. The van der Waals surface area contributed by atoms with Crippen molar-refractivity contribution < 1.29 is 0 Å². The van der Waals surface area contributed by atoms with Gasteiger partial charge in [-0.25, -0.2) is 4.98 Å². The average Bonchev–Trinajstić information content (AvgIpc) is 2.21. The van der Waals surface area contributed by atoms with Crippen LogP contribution < -0.4 is 4.90 Å². The van der Waals surface area contributed by atoms with Crippen LogP contribution in [-0.2, 0) is 5.88 Å². The van der Waals surface area contributed by atoms with Crippen LogP contribution in [-0.4, -0.2) is 17.6 Å². The lowest BCUT2D eigenvalue weighted by molar-refractivity contribution is 0.692. The first-order valence-electron chi connectivity index (χ1n) is 5.08. The van der Waals surface area contributed by atoms with Crippen molar-refractivity contribution in [3.63, 3.8) is 0 Å². The molecule has 0 aliphatic rings. The third-order valence-electron chi connectivity index (χ3n) is 2.29. The molecule has 1 aromatic rings. The highest BCUT2D eigenvalue weighted by Crippen LogP contribution is 2.21. The van der Waals surface area contributed by atoms with Crippen molar-refractivity contribution >= 4 is 29.0 Å². The molecule has 15 heavy (non-hydrogen) atoms. The fourth-order valence-corrected chi connectivity index (χ4v) is 1.96. The van der Waals surface area contributed by atoms with Crippen molar-refractivity contribution in [1.29, 1.82) is 0 Å². The fourth-order valence-electron chi connectivity index (χ4n) is 1.52. The molecular weight excluding hydrogens is 231 g/mol. The first-order chi connectivity index (χ1) is 7.10. The highest BCUT2D eigenvalue weighted by atomic mass is 35.5. The van der Waals surface area contributed by atoms with Gasteiger partial charge in [0.15, 0.2) is 0 Å². The van der Waals surface area contributed by atoms with Gasteiger partial charge in [0.05, 0.1) is 16.6 Å². The highest BCUT2D eigenvalue weighted by molar-refractivity contribution is 6.32. The molecule has 4 heteroatoms. The Bertz CT molecular complexity index is 326. The number of alkyl halides is 1. The number of pyridine rings is 1. The van der Waals surface area contributed by atoms with Crippen LogP contribution >= 0.6 is 23.2 Å². The maximum atomic E-state index is 5.96. The standard InChI is InChI=1S/C11H16Cl2N2/c1-4-15(8(2)3)11-6-5-9(13)10(7-12)14-11/h5-6,8H,4,7H2,1-3H3. The molecule has 0 bridgehead atoms. The molecule has 0 spiro atoms. The van der Waals surface area contributed by atoms with Gasteiger partial charge in [-0.3, -0.25) is 0 Å². The molecular formula is C11H16Cl2N2. The smallest absolute Gasteiger partial charge is 0.129 e. The van der Waals surface area contributed by atoms with Crippen LogP contribution in [0, 0.1) is 0 Å². The molecule has 0 radical (unpaired) electrons. The third-order valence-corrected chi connectivity index (χ3v) is 2.89. The maximum Gasteiger partial charge on any atom is 0.129 e. The molecule has 1 heterocycles. The van der Waals surface area contributed by atoms with Crippen molar-refractivity contribution in [2.24, 2.45) is 0 Å². The molecule has 1 rings (SSSR count). The number of rotatable bonds is 4. The minimum absolute atomic E-state index is 0.350. The van der Waals surface area contributed by atoms with Gasteiger partial charge in [0, 0.05) is 12.6 Å². The molecule has 0 amide bonds. The van der Waals surface area contributed by atoms with Gasteiger partial charge in [-0.2, -0.15) is 0 Å². The summed E-state index contributed by atoms with van der Waals surface area (Å²) in [6.45, 7) is 7.31. The Morgan fingerprint density at radius 3 is 2.53 bits per heavy atom. The van der Waals surface area contributed by atoms with Gasteiger partial charge in [0.1, 0.15) is 5.82 Å². The molecule has 0 fully saturated rings. The van der Waals surface area contributed by atoms with E-state index in [2.05, 4.69) is 30.7 Å². The molecule has 0 saturated heterocycles. The summed E-state index contributed by atoms with van der Waals surface area (Å²) in [6, 6.07) is 4.21. The van der Waals surface area contributed by atoms with Gasteiger partial charge in [0.2, 0.25) is 0 Å². The van der Waals surface area contributed by atoms with E-state index in [0.717, 1.165) is 18.1 Å². The fraction of sp³-hybridized carbons (Fsp3) is 0.545. The van der Waals surface area contributed by atoms with Crippen LogP contribution in [0.3, 0.4) is 0 Å². The van der Waals surface area contributed by atoms with Gasteiger partial charge in [-0.15, -0.1) is 11.6 Å². The number of nitrogens with zero attached hydrogens (tertiary/aromatic N) is 2. The summed E-state index contributed by atoms with van der Waals surface area (Å²) in [5.74, 6) is 1.29. The molecule has 0 unspecified atom stereocenters. The SMILES string of the molecule is CCN(c1ccc(Cl)c(CCl)n1)C(C)C. The first-order valence-corrected chi connectivity index (χ1v) is 5.99. The molecule has 0 atom stereocenters. The molecule has 0 aliphatic heterocycles. The summed E-state index contributed by atoms with van der Waals surface area (Å²) in [4.78, 5) is 6.65. The minimum Gasteiger partial charge on any atom is -0.354 e. The van der Waals surface area contributed by atoms with Gasteiger partial charge < -0.3 is 4.90 Å². The van der Waals surface area contributed by atoms with Crippen molar-refractivity contribution in [2.75, 3.05) is 11.4 Å². The average molecular weight is 247 g/mol. The Balaban J connectivity index is 3.03. The van der Waals surface area contributed by atoms with Crippen molar-refractivity contribution in [3.8, 4) is 0 Å². The number of halogens is 2. The van der Waals surface area contributed by atoms with E-state index in [4.69, 9.17) is 23.2 Å². The highest BCUT2D eigenvalue weighted by Gasteiger charge is 2.11. The summed E-state index contributed by atoms with van der Waals surface area (Å²) in [5, 5.41) is 0.633. The van der Waals surface area contributed by atoms with Gasteiger partial charge in [-0.05, 0) is 32.9 Å². The van der Waals surface area contributed by atoms with E-state index in [0.29, 0.717) is 16.9 Å². The van der Waals surface area contributed by atoms with E-state index in [9.17, 15) is 0 Å². The lowest BCUT2D eigenvalue weighted by Crippen LogP contribution is -2.31. The summed E-state index contributed by atoms with van der Waals surface area (Å²) in [6.07, 6.45) is 0. The van der Waals surface area contributed by atoms with Crippen LogP contribution in [0.15, 0.2) is 12.1 Å². The third kappa shape index (κ3) is 2.99. The zero-order chi connectivity index (χ0) is 11.4. The van der Waals surface area contributed by atoms with Gasteiger partial charge in [0.25, 0.3) is 0 Å². The minimum atomic E-state index is 0.350. The van der Waals surface area contributed by atoms with Crippen LogP contribution in [0.4, 0.5) is 5.82 Å². The largest absolute Gasteiger partial charge is 0.354 e. The molecule has 0 aliphatic carbocycles. The first kappa shape index (κ1) is 12.6. The molecule has 0 aromatic carbocycles. The Labute approximate surface area is 101 Å². The predicted molar refractivity (Wildman–Crippen MR) is 67.0 cm³/mol.